The number of carboxylic acids is 1. The van der Waals surface area contributed by atoms with Crippen LogP contribution >= 0.6 is 0 Å². The minimum atomic E-state index is -1.10. The van der Waals surface area contributed by atoms with Crippen LogP contribution < -0.4 is 0 Å². The van der Waals surface area contributed by atoms with E-state index in [-0.39, 0.29) is 19.7 Å². The number of aromatic hydroxyl groups is 1. The van der Waals surface area contributed by atoms with E-state index in [9.17, 15) is 9.90 Å². The Kier molecular flexibility index (Phi) is 3.54. The minimum absolute atomic E-state index is 0. The first-order chi connectivity index (χ1) is 5.54. The molecule has 13 heavy (non-hydrogen) atoms. The second-order valence-electron chi connectivity index (χ2n) is 2.71. The van der Waals surface area contributed by atoms with Crippen LogP contribution in [0, 0.1) is 13.8 Å². The summed E-state index contributed by atoms with van der Waals surface area (Å²) in [5.41, 5.74) is 1.46. The summed E-state index contributed by atoms with van der Waals surface area (Å²) in [7, 11) is 0. The molecule has 1 rings (SSSR count). The van der Waals surface area contributed by atoms with Crippen molar-refractivity contribution < 1.29 is 15.0 Å². The molecule has 67 valence electrons. The topological polar surface area (TPSA) is 57.5 Å². The van der Waals surface area contributed by atoms with Crippen molar-refractivity contribution in [2.75, 3.05) is 0 Å². The monoisotopic (exact) mass is 177 g/mol. The Morgan fingerprint density at radius 3 is 2.31 bits per heavy atom. The van der Waals surface area contributed by atoms with Crippen molar-refractivity contribution in [2.24, 2.45) is 0 Å². The molecule has 0 aromatic heterocycles. The molecule has 0 saturated heterocycles. The summed E-state index contributed by atoms with van der Waals surface area (Å²) in [6.45, 7) is 3.51. The molecule has 0 atom stereocenters. The van der Waals surface area contributed by atoms with Crippen molar-refractivity contribution in [1.82, 2.24) is 0 Å². The zero-order chi connectivity index (χ0) is 9.30. The van der Waals surface area contributed by atoms with E-state index in [2.05, 4.69) is 0 Å². The summed E-state index contributed by atoms with van der Waals surface area (Å²) < 4.78 is 0. The van der Waals surface area contributed by atoms with Crippen LogP contribution in [0.4, 0.5) is 0 Å². The second-order valence-corrected chi connectivity index (χ2v) is 2.71. The fourth-order valence-electron chi connectivity index (χ4n) is 0.974. The van der Waals surface area contributed by atoms with Gasteiger partial charge in [0.25, 0.3) is 0 Å². The molecule has 0 spiro atoms. The lowest BCUT2D eigenvalue weighted by atomic mass is 10.0. The Hall–Kier alpha value is -1.45. The highest BCUT2D eigenvalue weighted by Gasteiger charge is 2.11. The van der Waals surface area contributed by atoms with Gasteiger partial charge in [-0.2, -0.15) is 0 Å². The minimum Gasteiger partial charge on any atom is -0.507 e. The van der Waals surface area contributed by atoms with E-state index in [0.29, 0.717) is 5.56 Å². The van der Waals surface area contributed by atoms with Gasteiger partial charge in [0.2, 0.25) is 0 Å². The average Bonchev–Trinajstić information content (AvgIpc) is 2.00. The van der Waals surface area contributed by atoms with Gasteiger partial charge in [0.1, 0.15) is 11.3 Å². The van der Waals surface area contributed by atoms with E-state index in [1.165, 1.54) is 6.07 Å². The maximum absolute atomic E-state index is 10.5. The van der Waals surface area contributed by atoms with Gasteiger partial charge >= 0.3 is 5.97 Å². The number of aromatic carboxylic acids is 1. The number of phenols is 1. The third kappa shape index (κ3) is 2.02. The highest BCUT2D eigenvalue weighted by Crippen LogP contribution is 2.24. The molecular weight excluding hydrogens is 167 g/mol. The predicted molar refractivity (Wildman–Crippen MR) is 50.3 cm³/mol. The van der Waals surface area contributed by atoms with Crippen molar-refractivity contribution >= 4 is 14.4 Å². The molecule has 0 fully saturated rings. The molecular formula is C9H10BO3. The highest BCUT2D eigenvalue weighted by molar-refractivity contribution is 5.91. The normalized spacial score (nSPS) is 9.08. The molecule has 0 aliphatic heterocycles. The summed E-state index contributed by atoms with van der Waals surface area (Å²) in [6, 6.07) is 3.08. The SMILES string of the molecule is Cc1ccc(C(=O)O)c(O)c1C.[B]. The summed E-state index contributed by atoms with van der Waals surface area (Å²) in [4.78, 5) is 10.5. The van der Waals surface area contributed by atoms with Gasteiger partial charge in [-0.3, -0.25) is 0 Å². The molecule has 2 N–H and O–H groups in total. The number of benzene rings is 1. The molecule has 1 aromatic carbocycles. The Balaban J connectivity index is 0.00000144. The molecule has 0 saturated carbocycles. The standard InChI is InChI=1S/C9H10O3.B/c1-5-3-4-7(9(11)12)8(10)6(5)2;/h3-4,10H,1-2H3,(H,11,12);. The van der Waals surface area contributed by atoms with E-state index in [1.54, 1.807) is 13.0 Å². The Morgan fingerprint density at radius 2 is 1.85 bits per heavy atom. The number of carbonyl (C=O) groups is 1. The number of carboxylic acid groups (broad SMARTS) is 1. The molecule has 0 bridgehead atoms. The van der Waals surface area contributed by atoms with Crippen LogP contribution in [0.1, 0.15) is 21.5 Å². The smallest absolute Gasteiger partial charge is 0.339 e. The Labute approximate surface area is 78.6 Å². The molecule has 0 unspecified atom stereocenters. The summed E-state index contributed by atoms with van der Waals surface area (Å²) in [6.07, 6.45) is 0. The number of aryl methyl sites for hydroxylation is 1. The second kappa shape index (κ2) is 3.98. The van der Waals surface area contributed by atoms with Gasteiger partial charge in [0.15, 0.2) is 0 Å². The maximum atomic E-state index is 10.5. The third-order valence-corrected chi connectivity index (χ3v) is 1.93. The predicted octanol–water partition coefficient (Wildman–Crippen LogP) is 1.33. The van der Waals surface area contributed by atoms with Gasteiger partial charge in [-0.05, 0) is 31.0 Å². The van der Waals surface area contributed by atoms with Crippen LogP contribution in [0.2, 0.25) is 0 Å². The zero-order valence-electron chi connectivity index (χ0n) is 7.53. The van der Waals surface area contributed by atoms with Crippen molar-refractivity contribution in [2.45, 2.75) is 13.8 Å². The van der Waals surface area contributed by atoms with Gasteiger partial charge in [-0.1, -0.05) is 6.07 Å². The van der Waals surface area contributed by atoms with E-state index in [1.807, 2.05) is 6.92 Å². The largest absolute Gasteiger partial charge is 0.507 e. The van der Waals surface area contributed by atoms with Crippen LogP contribution in [0.3, 0.4) is 0 Å². The molecule has 3 radical (unpaired) electrons. The molecule has 0 heterocycles. The number of rotatable bonds is 1. The van der Waals surface area contributed by atoms with Crippen LogP contribution in [-0.4, -0.2) is 24.6 Å². The van der Waals surface area contributed by atoms with Crippen LogP contribution in [-0.2, 0) is 0 Å². The first-order valence-corrected chi connectivity index (χ1v) is 3.56. The van der Waals surface area contributed by atoms with Gasteiger partial charge < -0.3 is 10.2 Å². The average molecular weight is 177 g/mol. The van der Waals surface area contributed by atoms with Gasteiger partial charge in [-0.25, -0.2) is 4.79 Å². The summed E-state index contributed by atoms with van der Waals surface area (Å²) in [5, 5.41) is 18.0. The molecule has 1 aromatic rings. The lowest BCUT2D eigenvalue weighted by Gasteiger charge is -2.05. The summed E-state index contributed by atoms with van der Waals surface area (Å²) in [5.74, 6) is -1.24. The van der Waals surface area contributed by atoms with Crippen LogP contribution in [0.25, 0.3) is 0 Å². The van der Waals surface area contributed by atoms with Gasteiger partial charge in [0.05, 0.1) is 0 Å². The number of hydrogen-bond donors (Lipinski definition) is 2. The molecule has 3 nitrogen and oxygen atoms in total. The van der Waals surface area contributed by atoms with Crippen LogP contribution in [0.15, 0.2) is 12.1 Å². The quantitative estimate of drug-likeness (QED) is 0.636. The molecule has 0 aliphatic carbocycles. The summed E-state index contributed by atoms with van der Waals surface area (Å²) >= 11 is 0. The molecule has 0 amide bonds. The fourth-order valence-corrected chi connectivity index (χ4v) is 0.974. The van der Waals surface area contributed by atoms with Crippen molar-refractivity contribution in [3.05, 3.63) is 28.8 Å². The third-order valence-electron chi connectivity index (χ3n) is 1.93. The van der Waals surface area contributed by atoms with Crippen LogP contribution in [0.5, 0.6) is 5.75 Å². The lowest BCUT2D eigenvalue weighted by Crippen LogP contribution is -1.98. The van der Waals surface area contributed by atoms with Crippen molar-refractivity contribution in [3.8, 4) is 5.75 Å². The fraction of sp³-hybridized carbons (Fsp3) is 0.222. The first-order valence-electron chi connectivity index (χ1n) is 3.56. The van der Waals surface area contributed by atoms with Crippen molar-refractivity contribution in [1.29, 1.82) is 0 Å². The maximum Gasteiger partial charge on any atom is 0.339 e. The van der Waals surface area contributed by atoms with E-state index >= 15 is 0 Å². The van der Waals surface area contributed by atoms with E-state index in [4.69, 9.17) is 5.11 Å². The lowest BCUT2D eigenvalue weighted by molar-refractivity contribution is 0.0693. The van der Waals surface area contributed by atoms with Gasteiger partial charge in [0, 0.05) is 8.41 Å². The zero-order valence-corrected chi connectivity index (χ0v) is 7.53. The Bertz CT molecular complexity index is 334. The van der Waals surface area contributed by atoms with Crippen molar-refractivity contribution in [3.63, 3.8) is 0 Å². The molecule has 0 aliphatic rings. The molecule has 4 heteroatoms. The van der Waals surface area contributed by atoms with Gasteiger partial charge in [-0.15, -0.1) is 0 Å². The Morgan fingerprint density at radius 1 is 1.31 bits per heavy atom. The van der Waals surface area contributed by atoms with E-state index in [0.717, 1.165) is 5.56 Å². The highest BCUT2D eigenvalue weighted by atomic mass is 16.4. The van der Waals surface area contributed by atoms with E-state index < -0.39 is 5.97 Å². The number of hydrogen-bond acceptors (Lipinski definition) is 2. The first kappa shape index (κ1) is 11.6.